The molecule has 10 heteroatoms. The minimum absolute atomic E-state index is 0.178. The number of benzene rings is 2. The van der Waals surface area contributed by atoms with E-state index in [1.54, 1.807) is 19.1 Å². The molecule has 0 radical (unpaired) electrons. The van der Waals surface area contributed by atoms with Crippen molar-refractivity contribution in [2.45, 2.75) is 23.9 Å². The summed E-state index contributed by atoms with van der Waals surface area (Å²) in [5.74, 6) is 7.15. The predicted octanol–water partition coefficient (Wildman–Crippen LogP) is 2.32. The molecular formula is C19H18FN5O3S. The average Bonchev–Trinajstić information content (AvgIpc) is 3.32. The molecule has 0 saturated heterocycles. The molecule has 2 aromatic carbocycles. The van der Waals surface area contributed by atoms with E-state index in [2.05, 4.69) is 15.5 Å². The van der Waals surface area contributed by atoms with Crippen LogP contribution in [-0.4, -0.2) is 32.8 Å². The minimum Gasteiger partial charge on any atom is -0.454 e. The van der Waals surface area contributed by atoms with Crippen LogP contribution < -0.4 is 20.6 Å². The molecule has 0 bridgehead atoms. The molecule has 1 aromatic heterocycles. The molecule has 3 aromatic rings. The second-order valence-corrected chi connectivity index (χ2v) is 7.66. The monoisotopic (exact) mass is 415 g/mol. The van der Waals surface area contributed by atoms with Gasteiger partial charge < -0.3 is 20.6 Å². The van der Waals surface area contributed by atoms with Gasteiger partial charge in [-0.2, -0.15) is 0 Å². The van der Waals surface area contributed by atoms with Crippen molar-refractivity contribution in [3.05, 3.63) is 53.8 Å². The number of hydrogen-bond donors (Lipinski definition) is 2. The van der Waals surface area contributed by atoms with E-state index in [1.165, 1.54) is 28.6 Å². The van der Waals surface area contributed by atoms with Crippen LogP contribution in [-0.2, 0) is 11.3 Å². The van der Waals surface area contributed by atoms with E-state index in [0.29, 0.717) is 34.6 Å². The van der Waals surface area contributed by atoms with Crippen molar-refractivity contribution in [3.63, 3.8) is 0 Å². The molecule has 0 fully saturated rings. The van der Waals surface area contributed by atoms with Crippen molar-refractivity contribution < 1.29 is 18.7 Å². The molecule has 0 saturated carbocycles. The Morgan fingerprint density at radius 3 is 2.93 bits per heavy atom. The lowest BCUT2D eigenvalue weighted by atomic mass is 10.2. The van der Waals surface area contributed by atoms with Gasteiger partial charge in [0, 0.05) is 12.1 Å². The Hall–Kier alpha value is -3.27. The third-order valence-corrected chi connectivity index (χ3v) is 5.36. The second kappa shape index (κ2) is 8.00. The molecule has 3 N–H and O–H groups in total. The van der Waals surface area contributed by atoms with E-state index in [0.717, 1.165) is 5.56 Å². The number of aromatic nitrogens is 3. The maximum Gasteiger partial charge on any atom is 0.233 e. The van der Waals surface area contributed by atoms with Crippen molar-refractivity contribution >= 4 is 17.7 Å². The van der Waals surface area contributed by atoms with Gasteiger partial charge in [0.15, 0.2) is 17.3 Å². The first kappa shape index (κ1) is 19.1. The lowest BCUT2D eigenvalue weighted by Crippen LogP contribution is -2.30. The van der Waals surface area contributed by atoms with Crippen LogP contribution in [0.15, 0.2) is 47.6 Å². The van der Waals surface area contributed by atoms with Crippen LogP contribution in [0.1, 0.15) is 12.5 Å². The Morgan fingerprint density at radius 1 is 1.28 bits per heavy atom. The summed E-state index contributed by atoms with van der Waals surface area (Å²) in [6.07, 6.45) is 0. The number of carbonyl (C=O) groups is 1. The number of carbonyl (C=O) groups excluding carboxylic acids is 1. The number of halogens is 1. The van der Waals surface area contributed by atoms with Gasteiger partial charge in [-0.15, -0.1) is 10.2 Å². The smallest absolute Gasteiger partial charge is 0.233 e. The molecule has 29 heavy (non-hydrogen) atoms. The zero-order valence-electron chi connectivity index (χ0n) is 15.5. The highest BCUT2D eigenvalue weighted by Gasteiger charge is 2.20. The highest BCUT2D eigenvalue weighted by Crippen LogP contribution is 2.32. The number of thioether (sulfide) groups is 1. The number of nitrogens with zero attached hydrogens (tertiary/aromatic N) is 3. The van der Waals surface area contributed by atoms with Gasteiger partial charge in [-0.25, -0.2) is 9.07 Å². The van der Waals surface area contributed by atoms with Gasteiger partial charge in [0.25, 0.3) is 0 Å². The van der Waals surface area contributed by atoms with Crippen LogP contribution in [0.2, 0.25) is 0 Å². The number of ether oxygens (including phenoxy) is 2. The predicted molar refractivity (Wildman–Crippen MR) is 105 cm³/mol. The average molecular weight is 415 g/mol. The summed E-state index contributed by atoms with van der Waals surface area (Å²) in [4.78, 5) is 12.5. The fraction of sp³-hybridized carbons (Fsp3) is 0.211. The first-order chi connectivity index (χ1) is 14.0. The Kier molecular flexibility index (Phi) is 5.26. The van der Waals surface area contributed by atoms with E-state index in [1.807, 2.05) is 18.2 Å². The molecule has 4 rings (SSSR count). The molecule has 0 aliphatic carbocycles. The van der Waals surface area contributed by atoms with E-state index in [9.17, 15) is 9.18 Å². The Labute approximate surface area is 170 Å². The van der Waals surface area contributed by atoms with Crippen molar-refractivity contribution in [2.24, 2.45) is 0 Å². The summed E-state index contributed by atoms with van der Waals surface area (Å²) in [5, 5.41) is 10.8. The molecule has 1 amide bonds. The normalized spacial score (nSPS) is 13.3. The zero-order chi connectivity index (χ0) is 20.4. The minimum atomic E-state index is -0.462. The number of nitrogens with one attached hydrogen (secondary N) is 1. The SMILES string of the molecule is CC(Sc1nnc(-c2cccc(F)c2)n1N)C(=O)NCc1ccc2c(c1)OCO2. The third kappa shape index (κ3) is 4.11. The van der Waals surface area contributed by atoms with Crippen molar-refractivity contribution in [3.8, 4) is 22.9 Å². The quantitative estimate of drug-likeness (QED) is 0.470. The van der Waals surface area contributed by atoms with Gasteiger partial charge in [0.1, 0.15) is 5.82 Å². The third-order valence-electron chi connectivity index (χ3n) is 4.30. The molecule has 2 heterocycles. The Bertz CT molecular complexity index is 1060. The number of fused-ring (bicyclic) bond motifs is 1. The van der Waals surface area contributed by atoms with Crippen LogP contribution in [0, 0.1) is 5.82 Å². The maximum atomic E-state index is 13.4. The topological polar surface area (TPSA) is 104 Å². The van der Waals surface area contributed by atoms with Crippen molar-refractivity contribution in [1.29, 1.82) is 0 Å². The Morgan fingerprint density at radius 2 is 2.10 bits per heavy atom. The first-order valence-corrected chi connectivity index (χ1v) is 9.68. The molecule has 0 spiro atoms. The molecule has 150 valence electrons. The lowest BCUT2D eigenvalue weighted by Gasteiger charge is -2.12. The van der Waals surface area contributed by atoms with Gasteiger partial charge in [0.05, 0.1) is 5.25 Å². The summed E-state index contributed by atoms with van der Waals surface area (Å²) in [5.41, 5.74) is 1.40. The van der Waals surface area contributed by atoms with Crippen molar-refractivity contribution in [1.82, 2.24) is 20.2 Å². The van der Waals surface area contributed by atoms with Crippen LogP contribution in [0.25, 0.3) is 11.4 Å². The van der Waals surface area contributed by atoms with Crippen LogP contribution in [0.4, 0.5) is 4.39 Å². The Balaban J connectivity index is 1.37. The van der Waals surface area contributed by atoms with Gasteiger partial charge in [-0.1, -0.05) is 30.0 Å². The molecular weight excluding hydrogens is 397 g/mol. The van der Waals surface area contributed by atoms with Gasteiger partial charge >= 0.3 is 0 Å². The summed E-state index contributed by atoms with van der Waals surface area (Å²) in [6.45, 7) is 2.30. The van der Waals surface area contributed by atoms with Gasteiger partial charge in [0.2, 0.25) is 17.9 Å². The molecule has 1 unspecified atom stereocenters. The zero-order valence-corrected chi connectivity index (χ0v) is 16.3. The van der Waals surface area contributed by atoms with E-state index < -0.39 is 11.1 Å². The number of nitrogens with two attached hydrogens (primary N) is 1. The fourth-order valence-corrected chi connectivity index (χ4v) is 3.57. The highest BCUT2D eigenvalue weighted by molar-refractivity contribution is 8.00. The van der Waals surface area contributed by atoms with E-state index in [-0.39, 0.29) is 12.7 Å². The van der Waals surface area contributed by atoms with Crippen LogP contribution in [0.5, 0.6) is 11.5 Å². The number of hydrogen-bond acceptors (Lipinski definition) is 7. The molecule has 8 nitrogen and oxygen atoms in total. The van der Waals surface area contributed by atoms with E-state index in [4.69, 9.17) is 15.3 Å². The molecule has 1 aliphatic heterocycles. The van der Waals surface area contributed by atoms with Gasteiger partial charge in [-0.3, -0.25) is 4.79 Å². The number of amides is 1. The highest BCUT2D eigenvalue weighted by atomic mass is 32.2. The summed E-state index contributed by atoms with van der Waals surface area (Å²) >= 11 is 1.17. The standard InChI is InChI=1S/C19H18FN5O3S/c1-11(18(26)22-9-12-5-6-15-16(7-12)28-10-27-15)29-19-24-23-17(25(19)21)13-3-2-4-14(20)8-13/h2-8,11H,9-10,21H2,1H3,(H,22,26). The van der Waals surface area contributed by atoms with Crippen LogP contribution >= 0.6 is 11.8 Å². The largest absolute Gasteiger partial charge is 0.454 e. The number of nitrogen functional groups attached to an aromatic ring is 1. The van der Waals surface area contributed by atoms with Crippen molar-refractivity contribution in [2.75, 3.05) is 12.6 Å². The lowest BCUT2D eigenvalue weighted by molar-refractivity contribution is -0.120. The molecule has 1 atom stereocenters. The fourth-order valence-electron chi connectivity index (χ4n) is 2.78. The van der Waals surface area contributed by atoms with Gasteiger partial charge in [-0.05, 0) is 36.8 Å². The maximum absolute atomic E-state index is 13.4. The first-order valence-electron chi connectivity index (χ1n) is 8.80. The van der Waals surface area contributed by atoms with E-state index >= 15 is 0 Å². The van der Waals surface area contributed by atoms with Crippen LogP contribution in [0.3, 0.4) is 0 Å². The summed E-state index contributed by atoms with van der Waals surface area (Å²) in [6, 6.07) is 11.4. The number of rotatable bonds is 6. The summed E-state index contributed by atoms with van der Waals surface area (Å²) in [7, 11) is 0. The summed E-state index contributed by atoms with van der Waals surface area (Å²) < 4.78 is 25.3. The molecule has 1 aliphatic rings. The second-order valence-electron chi connectivity index (χ2n) is 6.35.